The molecular weight excluding hydrogens is 253 g/mol. The van der Waals surface area contributed by atoms with E-state index in [4.69, 9.17) is 9.59 Å². The van der Waals surface area contributed by atoms with Crippen molar-refractivity contribution < 1.29 is 26.7 Å². The number of hydrogen-bond acceptors (Lipinski definition) is 2. The molecule has 0 unspecified atom stereocenters. The van der Waals surface area contributed by atoms with Crippen molar-refractivity contribution in [2.75, 3.05) is 0 Å². The molecule has 0 heterocycles. The molecular formula is C10H12O2Ru. The van der Waals surface area contributed by atoms with Gasteiger partial charge in [0.05, 0.1) is 0 Å². The van der Waals surface area contributed by atoms with Crippen molar-refractivity contribution in [3.8, 4) is 0 Å². The minimum Gasteiger partial charge on any atom is -0.281 e. The third-order valence-corrected chi connectivity index (χ3v) is 3.51. The number of rotatable bonds is 2. The predicted octanol–water partition coefficient (Wildman–Crippen LogP) is 1.95. The molecule has 3 heteroatoms. The molecule has 0 N–H and O–H groups in total. The molecule has 0 atom stereocenters. The Morgan fingerprint density at radius 1 is 1.38 bits per heavy atom. The Balaban J connectivity index is 0. The Bertz CT molecular complexity index is 183. The Morgan fingerprint density at radius 3 is 2.23 bits per heavy atom. The van der Waals surface area contributed by atoms with E-state index in [9.17, 15) is 0 Å². The Labute approximate surface area is 87.7 Å². The smallest absolute Gasteiger partial charge is 0.281 e. The van der Waals surface area contributed by atoms with E-state index in [0.717, 1.165) is 0 Å². The van der Waals surface area contributed by atoms with Gasteiger partial charge in [0, 0.05) is 0 Å². The summed E-state index contributed by atoms with van der Waals surface area (Å²) in [5.41, 5.74) is 3.93. The summed E-state index contributed by atoms with van der Waals surface area (Å²) in [7, 11) is 0. The molecule has 4 radical (unpaired) electrons. The second-order valence-corrected chi connectivity index (χ2v) is 3.97. The van der Waals surface area contributed by atoms with E-state index in [0.29, 0.717) is 17.1 Å². The molecule has 0 aromatic rings. The summed E-state index contributed by atoms with van der Waals surface area (Å²) in [4.78, 5) is 15.0. The van der Waals surface area contributed by atoms with Crippen LogP contribution < -0.4 is 0 Å². The zero-order valence-corrected chi connectivity index (χ0v) is 9.48. The Morgan fingerprint density at radius 2 is 1.92 bits per heavy atom. The monoisotopic (exact) mass is 266 g/mol. The largest absolute Gasteiger partial charge is 0.281 e. The van der Waals surface area contributed by atoms with Crippen molar-refractivity contribution in [1.29, 1.82) is 0 Å². The van der Waals surface area contributed by atoms with Gasteiger partial charge in [0.15, 0.2) is 0 Å². The van der Waals surface area contributed by atoms with Crippen LogP contribution in [0, 0.1) is 0 Å². The van der Waals surface area contributed by atoms with Gasteiger partial charge < -0.3 is 0 Å². The van der Waals surface area contributed by atoms with E-state index >= 15 is 0 Å². The van der Waals surface area contributed by atoms with Gasteiger partial charge >= 0.3 is 64.3 Å². The second kappa shape index (κ2) is 11.4. The van der Waals surface area contributed by atoms with E-state index in [1.54, 1.807) is 9.74 Å². The van der Waals surface area contributed by atoms with Crippen molar-refractivity contribution in [2.24, 2.45) is 0 Å². The van der Waals surface area contributed by atoms with Gasteiger partial charge in [-0.25, -0.2) is 0 Å². The minimum atomic E-state index is 0.530. The Hall–Kier alpha value is -0.557. The molecule has 1 aliphatic carbocycles. The van der Waals surface area contributed by atoms with Gasteiger partial charge in [-0.2, -0.15) is 0 Å². The van der Waals surface area contributed by atoms with Crippen LogP contribution >= 0.6 is 0 Å². The van der Waals surface area contributed by atoms with E-state index < -0.39 is 0 Å². The maximum absolute atomic E-state index is 7.50. The number of allylic oxidation sites excluding steroid dienone is 4. The first-order valence-electron chi connectivity index (χ1n) is 3.63. The van der Waals surface area contributed by atoms with Crippen LogP contribution in [-0.2, 0) is 26.7 Å². The summed E-state index contributed by atoms with van der Waals surface area (Å²) < 4.78 is 1.73. The van der Waals surface area contributed by atoms with Gasteiger partial charge in [0.1, 0.15) is 0 Å². The van der Waals surface area contributed by atoms with Crippen LogP contribution in [0.1, 0.15) is 19.8 Å². The van der Waals surface area contributed by atoms with Gasteiger partial charge in [0.2, 0.25) is 0 Å². The van der Waals surface area contributed by atoms with Crippen molar-refractivity contribution in [2.45, 2.75) is 25.3 Å². The molecule has 0 saturated carbocycles. The molecule has 0 amide bonds. The summed E-state index contributed by atoms with van der Waals surface area (Å²) in [5, 5.41) is 0. The normalized spacial score (nSPS) is 13.1. The summed E-state index contributed by atoms with van der Waals surface area (Å²) in [6.07, 6.45) is 7.05. The van der Waals surface area contributed by atoms with E-state index in [1.807, 2.05) is 0 Å². The fourth-order valence-electron chi connectivity index (χ4n) is 1.01. The first-order valence-corrected chi connectivity index (χ1v) is 6.24. The van der Waals surface area contributed by atoms with Crippen LogP contribution in [-0.4, -0.2) is 13.6 Å². The summed E-state index contributed by atoms with van der Waals surface area (Å²) in [6, 6.07) is 0. The maximum Gasteiger partial charge on any atom is 0.281 e. The van der Waals surface area contributed by atoms with Crippen molar-refractivity contribution in [3.63, 3.8) is 0 Å². The van der Waals surface area contributed by atoms with Crippen LogP contribution in [0.5, 0.6) is 0 Å². The molecule has 0 fully saturated rings. The first-order chi connectivity index (χ1) is 6.38. The van der Waals surface area contributed by atoms with Crippen LogP contribution in [0.2, 0.25) is 5.52 Å². The minimum absolute atomic E-state index is 0.530. The van der Waals surface area contributed by atoms with Crippen LogP contribution in [0.4, 0.5) is 0 Å². The maximum atomic E-state index is 7.50. The van der Waals surface area contributed by atoms with Crippen LogP contribution in [0.25, 0.3) is 0 Å². The third-order valence-electron chi connectivity index (χ3n) is 1.55. The topological polar surface area (TPSA) is 34.1 Å². The predicted molar refractivity (Wildman–Crippen MR) is 48.3 cm³/mol. The molecule has 72 valence electrons. The molecule has 1 rings (SSSR count). The van der Waals surface area contributed by atoms with E-state index in [-0.39, 0.29) is 0 Å². The average molecular weight is 265 g/mol. The summed E-state index contributed by atoms with van der Waals surface area (Å²) in [5.74, 6) is 0. The zero-order chi connectivity index (χ0) is 10.7. The molecule has 1 aliphatic rings. The standard InChI is InChI=1S/C7H9.2CO.CH3.Ru/c1-2-7-5-3-4-6-7;2*1-2;;/h3,5H,2,4H2,1H3;;;1H3;. The van der Waals surface area contributed by atoms with Crippen molar-refractivity contribution in [1.82, 2.24) is 0 Å². The molecule has 0 bridgehead atoms. The van der Waals surface area contributed by atoms with Crippen molar-refractivity contribution >= 4 is 13.6 Å². The van der Waals surface area contributed by atoms with Gasteiger partial charge in [-0.1, -0.05) is 0 Å². The van der Waals surface area contributed by atoms with Gasteiger partial charge in [-0.3, -0.25) is 9.59 Å². The molecule has 0 aliphatic heterocycles. The molecule has 0 saturated heterocycles. The van der Waals surface area contributed by atoms with Crippen LogP contribution in [0.3, 0.4) is 0 Å². The zero-order valence-electron chi connectivity index (χ0n) is 7.74. The van der Waals surface area contributed by atoms with Gasteiger partial charge in [-0.05, 0) is 0 Å². The third kappa shape index (κ3) is 5.65. The fourth-order valence-corrected chi connectivity index (χ4v) is 2.58. The molecule has 0 aromatic heterocycles. The van der Waals surface area contributed by atoms with E-state index in [2.05, 4.69) is 38.2 Å². The molecule has 13 heavy (non-hydrogen) atoms. The molecule has 0 aromatic carbocycles. The summed E-state index contributed by atoms with van der Waals surface area (Å²) in [6.45, 7) is 11.2. The van der Waals surface area contributed by atoms with Gasteiger partial charge in [-0.15, -0.1) is 0 Å². The first kappa shape index (κ1) is 14.9. The summed E-state index contributed by atoms with van der Waals surface area (Å²) >= 11 is 0.530. The van der Waals surface area contributed by atoms with E-state index in [1.165, 1.54) is 12.8 Å². The Kier molecular flexibility index (Phi) is 13.2. The quantitative estimate of drug-likeness (QED) is 0.715. The van der Waals surface area contributed by atoms with Gasteiger partial charge in [0.25, 0.3) is 13.6 Å². The fraction of sp³-hybridized carbons (Fsp3) is 0.400. The molecule has 2 nitrogen and oxygen atoms in total. The average Bonchev–Trinajstić information content (AvgIpc) is 2.70. The number of carbonyl (C=O) groups excluding carboxylic acids is 2. The van der Waals surface area contributed by atoms with Crippen molar-refractivity contribution in [3.05, 3.63) is 21.9 Å². The van der Waals surface area contributed by atoms with Crippen LogP contribution in [0.15, 0.2) is 21.9 Å². The number of hydrogen-bond donors (Lipinski definition) is 0. The SMILES string of the molecule is CCC1=[C]([Ru][CH3])CC=C1.[C]=O.[C]=O. The molecule has 0 spiro atoms. The second-order valence-electron chi connectivity index (χ2n) is 2.05.